The molecule has 19 nitrogen and oxygen atoms in total. The van der Waals surface area contributed by atoms with Crippen LogP contribution in [0.2, 0.25) is 0 Å². The number of allylic oxidation sites excluding steroid dienone is 5. The molecule has 3 aliphatic rings. The van der Waals surface area contributed by atoms with Gasteiger partial charge in [-0.25, -0.2) is 0 Å². The summed E-state index contributed by atoms with van der Waals surface area (Å²) in [5.41, 5.74) is 0. The highest BCUT2D eigenvalue weighted by atomic mass is 16.8. The first kappa shape index (κ1) is 80.2. The molecule has 0 aliphatic carbocycles. The number of hydrogen-bond acceptors (Lipinski definition) is 18. The highest BCUT2D eigenvalue weighted by Gasteiger charge is 2.53. The van der Waals surface area contributed by atoms with Crippen LogP contribution in [0.25, 0.3) is 0 Å². The third-order valence-corrected chi connectivity index (χ3v) is 17.7. The lowest BCUT2D eigenvalue weighted by atomic mass is 9.96. The molecule has 0 saturated carbocycles. The van der Waals surface area contributed by atoms with E-state index < -0.39 is 124 Å². The van der Waals surface area contributed by atoms with Crippen molar-refractivity contribution >= 4 is 5.91 Å². The summed E-state index contributed by atoms with van der Waals surface area (Å²) in [6.07, 6.45) is 32.9. The Kier molecular flexibility index (Phi) is 46.9. The Balaban J connectivity index is 1.41. The standard InChI is InChI=1S/C69H127NO18/c1-3-5-7-9-11-13-15-17-18-19-20-21-22-23-24-25-26-27-28-29-30-31-32-33-35-36-38-40-42-44-46-53(74)52(70-57(75)47-45-43-41-39-37-34-16-14-12-10-8-6-4-2)51-83-67-63(81)60(78)65(55(49-72)85-67)88-69-64(82)61(79)66(56(50-73)86-69)87-68-62(80)59(77)58(76)54(48-71)84-68/h31-32,36,38,44,46,52-56,58-69,71-74,76-82H,3-30,33-35,37,39-43,45,47-51H2,1-2H3,(H,70,75)/b32-31+,38-36+,46-44+. The molecule has 0 aromatic heterocycles. The number of rotatable bonds is 54. The minimum atomic E-state index is -1.98. The van der Waals surface area contributed by atoms with Crippen LogP contribution in [0.1, 0.15) is 264 Å². The highest BCUT2D eigenvalue weighted by molar-refractivity contribution is 5.76. The number of aliphatic hydroxyl groups is 11. The van der Waals surface area contributed by atoms with Crippen molar-refractivity contribution in [2.45, 2.75) is 369 Å². The van der Waals surface area contributed by atoms with Crippen LogP contribution in [0.5, 0.6) is 0 Å². The summed E-state index contributed by atoms with van der Waals surface area (Å²) in [6.45, 7) is 1.72. The van der Waals surface area contributed by atoms with E-state index in [1.54, 1.807) is 6.08 Å². The zero-order chi connectivity index (χ0) is 64.0. The van der Waals surface area contributed by atoms with Gasteiger partial charge in [-0.15, -0.1) is 0 Å². The maximum atomic E-state index is 13.3. The summed E-state index contributed by atoms with van der Waals surface area (Å²) in [7, 11) is 0. The van der Waals surface area contributed by atoms with E-state index in [1.807, 2.05) is 6.08 Å². The predicted molar refractivity (Wildman–Crippen MR) is 342 cm³/mol. The Bertz CT molecular complexity index is 1740. The molecular formula is C69H127NO18. The zero-order valence-electron chi connectivity index (χ0n) is 54.5. The van der Waals surface area contributed by atoms with Gasteiger partial charge in [-0.05, 0) is 44.9 Å². The number of nitrogens with one attached hydrogen (secondary N) is 1. The molecule has 0 aromatic rings. The fourth-order valence-electron chi connectivity index (χ4n) is 11.9. The molecule has 0 aromatic carbocycles. The second-order valence-electron chi connectivity index (χ2n) is 25.3. The number of amides is 1. The van der Waals surface area contributed by atoms with Crippen LogP contribution in [0, 0.1) is 0 Å². The van der Waals surface area contributed by atoms with E-state index in [4.69, 9.17) is 28.4 Å². The van der Waals surface area contributed by atoms with Gasteiger partial charge in [-0.2, -0.15) is 0 Å². The summed E-state index contributed by atoms with van der Waals surface area (Å²) in [5.74, 6) is -0.288. The third-order valence-electron chi connectivity index (χ3n) is 17.7. The van der Waals surface area contributed by atoms with Crippen molar-refractivity contribution in [3.63, 3.8) is 0 Å². The second kappa shape index (κ2) is 51.4. The van der Waals surface area contributed by atoms with Crippen LogP contribution in [-0.2, 0) is 33.2 Å². The molecule has 17 unspecified atom stereocenters. The van der Waals surface area contributed by atoms with E-state index in [-0.39, 0.29) is 18.9 Å². The first-order valence-electron chi connectivity index (χ1n) is 35.2. The maximum absolute atomic E-state index is 13.3. The molecule has 3 heterocycles. The molecule has 0 bridgehead atoms. The molecule has 516 valence electrons. The van der Waals surface area contributed by atoms with E-state index >= 15 is 0 Å². The normalized spacial score (nSPS) is 28.6. The van der Waals surface area contributed by atoms with Gasteiger partial charge in [0.1, 0.15) is 73.2 Å². The lowest BCUT2D eigenvalue weighted by Gasteiger charge is -2.48. The van der Waals surface area contributed by atoms with Crippen molar-refractivity contribution < 1.29 is 89.4 Å². The monoisotopic (exact) mass is 1260 g/mol. The van der Waals surface area contributed by atoms with E-state index in [1.165, 1.54) is 186 Å². The maximum Gasteiger partial charge on any atom is 0.220 e. The summed E-state index contributed by atoms with van der Waals surface area (Å²) >= 11 is 0. The molecule has 3 saturated heterocycles. The molecule has 3 aliphatic heterocycles. The van der Waals surface area contributed by atoms with Gasteiger partial charge in [0.05, 0.1) is 38.6 Å². The molecule has 3 rings (SSSR count). The van der Waals surface area contributed by atoms with Gasteiger partial charge in [0, 0.05) is 6.42 Å². The van der Waals surface area contributed by atoms with Crippen molar-refractivity contribution in [1.82, 2.24) is 5.32 Å². The SMILES string of the molecule is CCCCCCCCCCCCCCCCCCCCCC/C=C/CC/C=C/CC/C=C/C(O)C(COC1OC(CO)C(OC2OC(CO)C(OC3OC(CO)C(O)C(O)C3O)C(O)C2O)C(O)C1O)NC(=O)CCCCCCCCCCCCCCC. The minimum Gasteiger partial charge on any atom is -0.394 e. The molecule has 3 fully saturated rings. The van der Waals surface area contributed by atoms with Crippen molar-refractivity contribution in [1.29, 1.82) is 0 Å². The van der Waals surface area contributed by atoms with Crippen LogP contribution < -0.4 is 5.32 Å². The van der Waals surface area contributed by atoms with Gasteiger partial charge < -0.3 is 89.9 Å². The number of aliphatic hydroxyl groups excluding tert-OH is 11. The largest absolute Gasteiger partial charge is 0.394 e. The Morgan fingerprint density at radius 1 is 0.398 bits per heavy atom. The van der Waals surface area contributed by atoms with Crippen LogP contribution in [0.4, 0.5) is 0 Å². The quantitative estimate of drug-likeness (QED) is 0.0199. The summed E-state index contributed by atoms with van der Waals surface area (Å²) in [6, 6.07) is -0.993. The van der Waals surface area contributed by atoms with Crippen LogP contribution in [-0.4, -0.2) is 193 Å². The van der Waals surface area contributed by atoms with Gasteiger partial charge in [-0.1, -0.05) is 249 Å². The summed E-state index contributed by atoms with van der Waals surface area (Å²) < 4.78 is 34.3. The van der Waals surface area contributed by atoms with Crippen molar-refractivity contribution in [2.75, 3.05) is 26.4 Å². The second-order valence-corrected chi connectivity index (χ2v) is 25.3. The first-order valence-corrected chi connectivity index (χ1v) is 35.2. The Labute approximate surface area is 530 Å². The lowest BCUT2D eigenvalue weighted by Crippen LogP contribution is -2.66. The topological polar surface area (TPSA) is 307 Å². The number of unbranched alkanes of at least 4 members (excludes halogenated alkanes) is 34. The van der Waals surface area contributed by atoms with Crippen LogP contribution >= 0.6 is 0 Å². The summed E-state index contributed by atoms with van der Waals surface area (Å²) in [5, 5.41) is 120. The number of carbonyl (C=O) groups is 1. The third kappa shape index (κ3) is 33.2. The molecule has 1 amide bonds. The zero-order valence-corrected chi connectivity index (χ0v) is 54.5. The molecule has 19 heteroatoms. The van der Waals surface area contributed by atoms with Gasteiger partial charge >= 0.3 is 0 Å². The Hall–Kier alpha value is -1.99. The molecular weight excluding hydrogens is 1130 g/mol. The van der Waals surface area contributed by atoms with E-state index in [2.05, 4.69) is 43.5 Å². The van der Waals surface area contributed by atoms with E-state index in [0.717, 1.165) is 44.9 Å². The first-order chi connectivity index (χ1) is 42.8. The van der Waals surface area contributed by atoms with Gasteiger partial charge in [0.15, 0.2) is 18.9 Å². The average molecular weight is 1260 g/mol. The van der Waals surface area contributed by atoms with Crippen molar-refractivity contribution in [3.8, 4) is 0 Å². The fourth-order valence-corrected chi connectivity index (χ4v) is 11.9. The van der Waals surface area contributed by atoms with Crippen molar-refractivity contribution in [3.05, 3.63) is 36.5 Å². The number of ether oxygens (including phenoxy) is 6. The lowest BCUT2D eigenvalue weighted by molar-refractivity contribution is -0.379. The smallest absolute Gasteiger partial charge is 0.220 e. The molecule has 17 atom stereocenters. The molecule has 0 radical (unpaired) electrons. The van der Waals surface area contributed by atoms with Crippen molar-refractivity contribution in [2.24, 2.45) is 0 Å². The number of carbonyl (C=O) groups excluding carboxylic acids is 1. The van der Waals surface area contributed by atoms with Gasteiger partial charge in [0.25, 0.3) is 0 Å². The summed E-state index contributed by atoms with van der Waals surface area (Å²) in [4.78, 5) is 13.3. The Morgan fingerprint density at radius 2 is 0.727 bits per heavy atom. The molecule has 12 N–H and O–H groups in total. The molecule has 88 heavy (non-hydrogen) atoms. The average Bonchev–Trinajstić information content (AvgIpc) is 1.84. The van der Waals surface area contributed by atoms with E-state index in [9.17, 15) is 61.0 Å². The van der Waals surface area contributed by atoms with Crippen LogP contribution in [0.15, 0.2) is 36.5 Å². The minimum absolute atomic E-state index is 0.235. The highest BCUT2D eigenvalue weighted by Crippen LogP contribution is 2.33. The van der Waals surface area contributed by atoms with E-state index in [0.29, 0.717) is 12.8 Å². The van der Waals surface area contributed by atoms with Gasteiger partial charge in [-0.3, -0.25) is 4.79 Å². The molecule has 0 spiro atoms. The fraction of sp³-hybridized carbons (Fsp3) is 0.899. The Morgan fingerprint density at radius 3 is 1.14 bits per heavy atom. The van der Waals surface area contributed by atoms with Gasteiger partial charge in [0.2, 0.25) is 5.91 Å². The predicted octanol–water partition coefficient (Wildman–Crippen LogP) is 9.22. The number of hydrogen-bond donors (Lipinski definition) is 12. The van der Waals surface area contributed by atoms with Crippen LogP contribution in [0.3, 0.4) is 0 Å².